The molecule has 2 aromatic rings. The molecule has 0 saturated heterocycles. The van der Waals surface area contributed by atoms with Crippen molar-refractivity contribution < 1.29 is 13.2 Å². The van der Waals surface area contributed by atoms with Crippen molar-refractivity contribution in [3.05, 3.63) is 35.6 Å². The van der Waals surface area contributed by atoms with Gasteiger partial charge in [0.15, 0.2) is 5.82 Å². The number of benzene rings is 1. The van der Waals surface area contributed by atoms with Crippen LogP contribution in [-0.4, -0.2) is 30.2 Å². The van der Waals surface area contributed by atoms with Gasteiger partial charge in [-0.05, 0) is 24.6 Å². The number of rotatable bonds is 11. The molecule has 0 aliphatic carbocycles. The Morgan fingerprint density at radius 1 is 1.12 bits per heavy atom. The van der Waals surface area contributed by atoms with Crippen molar-refractivity contribution in [2.75, 3.05) is 12.9 Å². The van der Waals surface area contributed by atoms with Crippen molar-refractivity contribution in [1.29, 1.82) is 0 Å². The summed E-state index contributed by atoms with van der Waals surface area (Å²) in [5.74, 6) is 0.951. The van der Waals surface area contributed by atoms with Crippen molar-refractivity contribution in [1.82, 2.24) is 8.96 Å². The van der Waals surface area contributed by atoms with E-state index in [2.05, 4.69) is 11.9 Å². The van der Waals surface area contributed by atoms with Crippen LogP contribution in [0, 0.1) is 0 Å². The third-order valence-corrected chi connectivity index (χ3v) is 5.47. The zero-order valence-electron chi connectivity index (χ0n) is 15.4. The predicted octanol–water partition coefficient (Wildman–Crippen LogP) is 5.14. The van der Waals surface area contributed by atoms with E-state index in [9.17, 15) is 8.42 Å². The first-order chi connectivity index (χ1) is 12.4. The topological polar surface area (TPSA) is 61.2 Å². The number of hydrogen-bond acceptors (Lipinski definition) is 4. The van der Waals surface area contributed by atoms with Crippen LogP contribution in [0.15, 0.2) is 30.6 Å². The maximum atomic E-state index is 11.8. The van der Waals surface area contributed by atoms with Gasteiger partial charge in [0.05, 0.1) is 17.9 Å². The number of nitrogens with zero attached hydrogens (tertiary/aromatic N) is 2. The molecule has 5 nitrogen and oxygen atoms in total. The molecule has 0 spiro atoms. The fourth-order valence-corrected chi connectivity index (χ4v) is 3.74. The molecule has 0 fully saturated rings. The average Bonchev–Trinajstić information content (AvgIpc) is 3.08. The summed E-state index contributed by atoms with van der Waals surface area (Å²) < 4.78 is 30.5. The largest absolute Gasteiger partial charge is 0.492 e. The number of aromatic nitrogens is 2. The molecule has 1 aromatic carbocycles. The number of ether oxygens (including phenoxy) is 1. The van der Waals surface area contributed by atoms with Gasteiger partial charge >= 0.3 is 0 Å². The molecule has 0 aliphatic heterocycles. The molecule has 0 aliphatic rings. The van der Waals surface area contributed by atoms with Crippen LogP contribution in [-0.2, 0) is 10.0 Å². The van der Waals surface area contributed by atoms with Crippen molar-refractivity contribution in [2.24, 2.45) is 0 Å². The Kier molecular flexibility index (Phi) is 7.97. The van der Waals surface area contributed by atoms with Crippen LogP contribution < -0.4 is 4.74 Å². The van der Waals surface area contributed by atoms with E-state index in [-0.39, 0.29) is 0 Å². The number of halogens is 1. The zero-order valence-corrected chi connectivity index (χ0v) is 17.0. The highest BCUT2D eigenvalue weighted by atomic mass is 35.5. The summed E-state index contributed by atoms with van der Waals surface area (Å²) in [6, 6.07) is 5.22. The Hall–Kier alpha value is -1.53. The molecule has 7 heteroatoms. The maximum absolute atomic E-state index is 11.8. The second-order valence-corrected chi connectivity index (χ2v) is 8.69. The molecular formula is C19H27ClN2O3S. The molecule has 0 N–H and O–H groups in total. The quantitative estimate of drug-likeness (QED) is 0.491. The number of imidazole rings is 1. The van der Waals surface area contributed by atoms with Crippen LogP contribution in [0.3, 0.4) is 0 Å². The van der Waals surface area contributed by atoms with Gasteiger partial charge in [-0.25, -0.2) is 17.4 Å². The lowest BCUT2D eigenvalue weighted by atomic mass is 10.1. The Morgan fingerprint density at radius 2 is 1.81 bits per heavy atom. The second-order valence-electron chi connectivity index (χ2n) is 6.42. The molecule has 2 rings (SSSR count). The van der Waals surface area contributed by atoms with Crippen LogP contribution >= 0.6 is 11.6 Å². The molecule has 0 amide bonds. The van der Waals surface area contributed by atoms with Crippen LogP contribution in [0.2, 0.25) is 5.02 Å². The predicted molar refractivity (Wildman–Crippen MR) is 106 cm³/mol. The second kappa shape index (κ2) is 9.97. The van der Waals surface area contributed by atoms with E-state index in [1.54, 1.807) is 18.2 Å². The van der Waals surface area contributed by atoms with E-state index in [1.165, 1.54) is 44.5 Å². The molecule has 0 unspecified atom stereocenters. The van der Waals surface area contributed by atoms with Gasteiger partial charge < -0.3 is 4.74 Å². The lowest BCUT2D eigenvalue weighted by Crippen LogP contribution is -2.10. The van der Waals surface area contributed by atoms with Crippen molar-refractivity contribution in [3.8, 4) is 17.1 Å². The summed E-state index contributed by atoms with van der Waals surface area (Å²) in [4.78, 5) is 4.13. The van der Waals surface area contributed by atoms with Gasteiger partial charge in [-0.3, -0.25) is 0 Å². The number of unbranched alkanes of at least 4 members (excludes halogenated alkanes) is 6. The average molecular weight is 399 g/mol. The van der Waals surface area contributed by atoms with Crippen molar-refractivity contribution in [3.63, 3.8) is 0 Å². The first-order valence-corrected chi connectivity index (χ1v) is 11.3. The lowest BCUT2D eigenvalue weighted by molar-refractivity contribution is 0.304. The maximum Gasteiger partial charge on any atom is 0.237 e. The van der Waals surface area contributed by atoms with Crippen LogP contribution in [0.1, 0.15) is 51.9 Å². The summed E-state index contributed by atoms with van der Waals surface area (Å²) in [6.07, 6.45) is 12.6. The molecular weight excluding hydrogens is 372 g/mol. The number of hydrogen-bond donors (Lipinski definition) is 0. The Bertz CT molecular complexity index is 803. The summed E-state index contributed by atoms with van der Waals surface area (Å²) in [7, 11) is -3.41. The van der Waals surface area contributed by atoms with Gasteiger partial charge in [0.1, 0.15) is 5.75 Å². The van der Waals surface area contributed by atoms with E-state index >= 15 is 0 Å². The van der Waals surface area contributed by atoms with E-state index in [4.69, 9.17) is 16.3 Å². The summed E-state index contributed by atoms with van der Waals surface area (Å²) in [5, 5.41) is 0.452. The van der Waals surface area contributed by atoms with Gasteiger partial charge in [-0.15, -0.1) is 0 Å². The minimum absolute atomic E-state index is 0.341. The zero-order chi connectivity index (χ0) is 19.0. The Balaban J connectivity index is 1.89. The van der Waals surface area contributed by atoms with E-state index < -0.39 is 10.0 Å². The summed E-state index contributed by atoms with van der Waals surface area (Å²) in [5.41, 5.74) is 0.633. The SMILES string of the molecule is CCCCCCCCCOc1ccc(-c2nccn2S(C)(=O)=O)cc1Cl. The van der Waals surface area contributed by atoms with Gasteiger partial charge in [0, 0.05) is 18.0 Å². The third-order valence-electron chi connectivity index (χ3n) is 4.16. The molecule has 26 heavy (non-hydrogen) atoms. The fourth-order valence-electron chi connectivity index (χ4n) is 2.76. The first-order valence-electron chi connectivity index (χ1n) is 9.10. The minimum Gasteiger partial charge on any atom is -0.492 e. The molecule has 1 aromatic heterocycles. The smallest absolute Gasteiger partial charge is 0.237 e. The highest BCUT2D eigenvalue weighted by Gasteiger charge is 2.15. The van der Waals surface area contributed by atoms with Crippen molar-refractivity contribution in [2.45, 2.75) is 51.9 Å². The Labute approximate surface area is 161 Å². The first kappa shape index (κ1) is 20.8. The molecule has 1 heterocycles. The van der Waals surface area contributed by atoms with E-state index in [1.807, 2.05) is 0 Å². The van der Waals surface area contributed by atoms with Gasteiger partial charge in [0.25, 0.3) is 0 Å². The molecule has 0 radical (unpaired) electrons. The van der Waals surface area contributed by atoms with E-state index in [0.717, 1.165) is 23.1 Å². The van der Waals surface area contributed by atoms with Crippen LogP contribution in [0.25, 0.3) is 11.4 Å². The third kappa shape index (κ3) is 6.02. The minimum atomic E-state index is -3.41. The van der Waals surface area contributed by atoms with E-state index in [0.29, 0.717) is 28.8 Å². The molecule has 0 saturated carbocycles. The monoisotopic (exact) mass is 398 g/mol. The molecule has 0 atom stereocenters. The summed E-state index contributed by atoms with van der Waals surface area (Å²) in [6.45, 7) is 2.85. The van der Waals surface area contributed by atoms with Gasteiger partial charge in [-0.1, -0.05) is 57.0 Å². The molecule has 144 valence electrons. The summed E-state index contributed by atoms with van der Waals surface area (Å²) >= 11 is 6.30. The molecule has 0 bridgehead atoms. The fraction of sp³-hybridized carbons (Fsp3) is 0.526. The normalized spacial score (nSPS) is 11.7. The standard InChI is InChI=1S/C19H27ClN2O3S/c1-3-4-5-6-7-8-9-14-25-18-11-10-16(15-17(18)20)19-21-12-13-22(19)26(2,23)24/h10-13,15H,3-9,14H2,1-2H3. The van der Waals surface area contributed by atoms with Crippen LogP contribution in [0.4, 0.5) is 0 Å². The van der Waals surface area contributed by atoms with Gasteiger partial charge in [-0.2, -0.15) is 0 Å². The Morgan fingerprint density at radius 3 is 2.46 bits per heavy atom. The van der Waals surface area contributed by atoms with Crippen LogP contribution in [0.5, 0.6) is 5.75 Å². The van der Waals surface area contributed by atoms with Gasteiger partial charge in [0.2, 0.25) is 10.0 Å². The highest BCUT2D eigenvalue weighted by Crippen LogP contribution is 2.30. The highest BCUT2D eigenvalue weighted by molar-refractivity contribution is 7.89. The van der Waals surface area contributed by atoms with Crippen molar-refractivity contribution >= 4 is 21.6 Å². The lowest BCUT2D eigenvalue weighted by Gasteiger charge is -2.10.